The van der Waals surface area contributed by atoms with Gasteiger partial charge in [0.05, 0.1) is 52.4 Å². The monoisotopic (exact) mass is 524 g/mol. The molecule has 0 aliphatic carbocycles. The molecule has 216 valence electrons. The van der Waals surface area contributed by atoms with Crippen molar-refractivity contribution in [3.8, 4) is 0 Å². The second kappa shape index (κ2) is 25.4. The van der Waals surface area contributed by atoms with Crippen molar-refractivity contribution in [3.05, 3.63) is 0 Å². The Kier molecular flexibility index (Phi) is 28.6. The van der Waals surface area contributed by atoms with Crippen LogP contribution in [0.4, 0.5) is 0 Å². The van der Waals surface area contributed by atoms with Crippen LogP contribution in [0.2, 0.25) is 0 Å². The molecule has 0 amide bonds. The molecule has 0 aliphatic rings. The van der Waals surface area contributed by atoms with Gasteiger partial charge in [-0.3, -0.25) is 8.42 Å². The molecule has 0 N–H and O–H groups in total. The minimum Gasteiger partial charge on any atom is -0.759 e. The van der Waals surface area contributed by atoms with E-state index < -0.39 is 10.4 Å². The van der Waals surface area contributed by atoms with Gasteiger partial charge in [0.25, 0.3) is 0 Å². The molecule has 0 radical (unpaired) electrons. The van der Waals surface area contributed by atoms with Crippen molar-refractivity contribution >= 4 is 10.4 Å². The predicted octanol–water partition coefficient (Wildman–Crippen LogP) is 7.11. The first-order chi connectivity index (χ1) is 16.5. The van der Waals surface area contributed by atoms with Crippen molar-refractivity contribution in [2.45, 2.75) is 132 Å². The molecule has 0 saturated heterocycles. The number of hydrogen-bond donors (Lipinski definition) is 0. The van der Waals surface area contributed by atoms with E-state index in [-0.39, 0.29) is 0 Å². The van der Waals surface area contributed by atoms with E-state index in [0.29, 0.717) is 0 Å². The van der Waals surface area contributed by atoms with E-state index in [2.05, 4.69) is 55.4 Å². The van der Waals surface area contributed by atoms with E-state index in [4.69, 9.17) is 17.5 Å². The minimum atomic E-state index is -5.17. The molecule has 6 nitrogen and oxygen atoms in total. The summed E-state index contributed by atoms with van der Waals surface area (Å²) >= 11 is 0. The van der Waals surface area contributed by atoms with Crippen molar-refractivity contribution in [1.82, 2.24) is 0 Å². The standard InChI is InChI=1S/2C14H32N.H2O4S/c2*1-5-9-12-15(8-4,13-10-6-2)14-11-7-3;1-5(2,3)4/h2*5-14H2,1-4H3;(H2,1,2,3,4)/q2*+1;/p-2. The summed E-state index contributed by atoms with van der Waals surface area (Å²) in [6, 6.07) is 0. The summed E-state index contributed by atoms with van der Waals surface area (Å²) in [7, 11) is -5.17. The van der Waals surface area contributed by atoms with Crippen LogP contribution in [0.3, 0.4) is 0 Å². The Balaban J connectivity index is -0.000000491. The number of unbranched alkanes of at least 4 members (excludes halogenated alkanes) is 6. The zero-order chi connectivity index (χ0) is 27.6. The summed E-state index contributed by atoms with van der Waals surface area (Å²) in [5.41, 5.74) is 0. The van der Waals surface area contributed by atoms with Crippen LogP contribution in [0.15, 0.2) is 0 Å². The van der Waals surface area contributed by atoms with E-state index in [0.717, 1.165) is 0 Å². The van der Waals surface area contributed by atoms with E-state index in [1.807, 2.05) is 0 Å². The van der Waals surface area contributed by atoms with Gasteiger partial charge in [0.2, 0.25) is 0 Å². The van der Waals surface area contributed by atoms with Gasteiger partial charge in [-0.15, -0.1) is 0 Å². The molecule has 0 rings (SSSR count). The lowest BCUT2D eigenvalue weighted by Crippen LogP contribution is -2.49. The van der Waals surface area contributed by atoms with Gasteiger partial charge in [0.15, 0.2) is 0 Å². The third kappa shape index (κ3) is 26.7. The summed E-state index contributed by atoms with van der Waals surface area (Å²) in [5, 5.41) is 0. The minimum absolute atomic E-state index is 1.33. The maximum Gasteiger partial charge on any atom is 0.0786 e. The molecule has 0 unspecified atom stereocenters. The largest absolute Gasteiger partial charge is 0.759 e. The van der Waals surface area contributed by atoms with Gasteiger partial charge in [-0.25, -0.2) is 0 Å². The molecule has 0 bridgehead atoms. The summed E-state index contributed by atoms with van der Waals surface area (Å²) in [6.07, 6.45) is 16.5. The van der Waals surface area contributed by atoms with Gasteiger partial charge >= 0.3 is 0 Å². The first-order valence-corrected chi connectivity index (χ1v) is 16.2. The van der Waals surface area contributed by atoms with Crippen molar-refractivity contribution in [2.24, 2.45) is 0 Å². The van der Waals surface area contributed by atoms with Gasteiger partial charge in [-0.2, -0.15) is 0 Å². The Morgan fingerprint density at radius 3 is 0.657 bits per heavy atom. The van der Waals surface area contributed by atoms with E-state index in [9.17, 15) is 0 Å². The maximum absolute atomic E-state index is 8.52. The van der Waals surface area contributed by atoms with Crippen molar-refractivity contribution in [1.29, 1.82) is 0 Å². The molecule has 7 heteroatoms. The van der Waals surface area contributed by atoms with E-state index >= 15 is 0 Å². The van der Waals surface area contributed by atoms with Crippen LogP contribution in [0.25, 0.3) is 0 Å². The lowest BCUT2D eigenvalue weighted by Gasteiger charge is -2.38. The quantitative estimate of drug-likeness (QED) is 0.0965. The van der Waals surface area contributed by atoms with Crippen LogP contribution in [0.5, 0.6) is 0 Å². The third-order valence-corrected chi connectivity index (χ3v) is 7.26. The molecule has 35 heavy (non-hydrogen) atoms. The highest BCUT2D eigenvalue weighted by molar-refractivity contribution is 7.79. The van der Waals surface area contributed by atoms with Crippen LogP contribution in [-0.2, 0) is 10.4 Å². The Labute approximate surface area is 221 Å². The molecule has 0 spiro atoms. The van der Waals surface area contributed by atoms with Crippen LogP contribution < -0.4 is 0 Å². The third-order valence-electron chi connectivity index (χ3n) is 7.26. The SMILES string of the molecule is CCCC[N+](CC)(CCCC)CCCC.CCCC[N+](CC)(CCCC)CCCC.O=S(=O)([O-])[O-]. The molecule has 0 saturated carbocycles. The summed E-state index contributed by atoms with van der Waals surface area (Å²) in [5.74, 6) is 0. The van der Waals surface area contributed by atoms with Gasteiger partial charge in [0.1, 0.15) is 0 Å². The summed E-state index contributed by atoms with van der Waals surface area (Å²) in [6.45, 7) is 29.7. The van der Waals surface area contributed by atoms with Crippen molar-refractivity contribution in [2.75, 3.05) is 52.4 Å². The summed E-state index contributed by atoms with van der Waals surface area (Å²) in [4.78, 5) is 0. The van der Waals surface area contributed by atoms with Gasteiger partial charge < -0.3 is 18.1 Å². The number of quaternary nitrogens is 2. The molecule has 0 aromatic heterocycles. The fourth-order valence-corrected chi connectivity index (χ4v) is 4.58. The Bertz CT molecular complexity index is 444. The highest BCUT2D eigenvalue weighted by atomic mass is 32.3. The highest BCUT2D eigenvalue weighted by Crippen LogP contribution is 2.15. The first kappa shape index (κ1) is 39.3. The van der Waals surface area contributed by atoms with Crippen LogP contribution in [0.1, 0.15) is 132 Å². The van der Waals surface area contributed by atoms with Crippen LogP contribution in [0, 0.1) is 0 Å². The molecule has 0 aromatic rings. The highest BCUT2D eigenvalue weighted by Gasteiger charge is 2.23. The van der Waals surface area contributed by atoms with Crippen LogP contribution in [-0.4, -0.2) is 78.8 Å². The maximum atomic E-state index is 8.52. The van der Waals surface area contributed by atoms with Crippen molar-refractivity contribution in [3.63, 3.8) is 0 Å². The van der Waals surface area contributed by atoms with E-state index in [1.165, 1.54) is 138 Å². The topological polar surface area (TPSA) is 80.3 Å². The van der Waals surface area contributed by atoms with Gasteiger partial charge in [0, 0.05) is 10.4 Å². The molecule has 0 atom stereocenters. The van der Waals surface area contributed by atoms with Crippen molar-refractivity contribution < 1.29 is 26.5 Å². The van der Waals surface area contributed by atoms with Gasteiger partial charge in [-0.05, 0) is 52.4 Å². The number of rotatable bonds is 20. The zero-order valence-electron chi connectivity index (χ0n) is 25.1. The predicted molar refractivity (Wildman–Crippen MR) is 151 cm³/mol. The molecule has 0 aliphatic heterocycles. The molecular weight excluding hydrogens is 460 g/mol. The number of nitrogens with zero attached hydrogens (tertiary/aromatic N) is 2. The number of hydrogen-bond acceptors (Lipinski definition) is 4. The Hall–Kier alpha value is -0.210. The fourth-order valence-electron chi connectivity index (χ4n) is 4.58. The summed E-state index contributed by atoms with van der Waals surface area (Å²) < 4.78 is 36.9. The van der Waals surface area contributed by atoms with Crippen LogP contribution >= 0.6 is 0 Å². The van der Waals surface area contributed by atoms with Gasteiger partial charge in [-0.1, -0.05) is 80.1 Å². The normalized spacial score (nSPS) is 11.9. The molecule has 0 fully saturated rings. The second-order valence-electron chi connectivity index (χ2n) is 10.2. The molecule has 0 heterocycles. The smallest absolute Gasteiger partial charge is 0.0786 e. The lowest BCUT2D eigenvalue weighted by atomic mass is 10.1. The molecule has 0 aromatic carbocycles. The fraction of sp³-hybridized carbons (Fsp3) is 1.00. The van der Waals surface area contributed by atoms with E-state index in [1.54, 1.807) is 0 Å². The second-order valence-corrected chi connectivity index (χ2v) is 11.0. The first-order valence-electron chi connectivity index (χ1n) is 14.9. The Morgan fingerprint density at radius 1 is 0.429 bits per heavy atom. The lowest BCUT2D eigenvalue weighted by molar-refractivity contribution is -0.927. The molecular formula is C28H64N2O4S. The average Bonchev–Trinajstić information content (AvgIpc) is 2.83. The average molecular weight is 525 g/mol. The Morgan fingerprint density at radius 2 is 0.571 bits per heavy atom. The zero-order valence-corrected chi connectivity index (χ0v) is 25.9.